The van der Waals surface area contributed by atoms with Crippen molar-refractivity contribution in [3.8, 4) is 11.4 Å². The maximum Gasteiger partial charge on any atom is 0.133 e. The molecule has 0 bridgehead atoms. The van der Waals surface area contributed by atoms with Gasteiger partial charge >= 0.3 is 0 Å². The molecule has 2 rings (SSSR count). The maximum absolute atomic E-state index is 4.42. The van der Waals surface area contributed by atoms with Crippen molar-refractivity contribution in [3.63, 3.8) is 0 Å². The molecule has 0 saturated carbocycles. The molecule has 0 aliphatic rings. The van der Waals surface area contributed by atoms with E-state index in [1.165, 1.54) is 0 Å². The van der Waals surface area contributed by atoms with Gasteiger partial charge in [0.2, 0.25) is 0 Å². The third kappa shape index (κ3) is 2.72. The number of aryl methyl sites for hydroxylation is 1. The van der Waals surface area contributed by atoms with Crippen molar-refractivity contribution in [2.45, 2.75) is 33.1 Å². The highest BCUT2D eigenvalue weighted by atomic mass is 15.4. The smallest absolute Gasteiger partial charge is 0.133 e. The fraction of sp³-hybridized carbons (Fsp3) is 0.538. The Labute approximate surface area is 113 Å². The van der Waals surface area contributed by atoms with E-state index in [2.05, 4.69) is 46.4 Å². The highest BCUT2D eigenvalue weighted by Crippen LogP contribution is 2.30. The Morgan fingerprint density at radius 1 is 1.32 bits per heavy atom. The Balaban J connectivity index is 2.52. The molecule has 6 nitrogen and oxygen atoms in total. The van der Waals surface area contributed by atoms with E-state index >= 15 is 0 Å². The minimum atomic E-state index is 0.324. The molecular formula is C13H20N6. The average Bonchev–Trinajstić information content (AvgIpc) is 2.81. The first-order valence-electron chi connectivity index (χ1n) is 6.59. The van der Waals surface area contributed by atoms with Gasteiger partial charge in [0.1, 0.15) is 17.8 Å². The van der Waals surface area contributed by atoms with Gasteiger partial charge in [-0.2, -0.15) is 0 Å². The largest absolute Gasteiger partial charge is 0.370 e. The molecule has 0 atom stereocenters. The molecule has 0 aliphatic carbocycles. The number of anilines is 1. The van der Waals surface area contributed by atoms with Crippen molar-refractivity contribution in [2.24, 2.45) is 7.05 Å². The molecule has 0 aromatic carbocycles. The van der Waals surface area contributed by atoms with E-state index < -0.39 is 0 Å². The van der Waals surface area contributed by atoms with Crippen LogP contribution in [0.15, 0.2) is 12.5 Å². The molecule has 0 amide bonds. The number of nitrogens with zero attached hydrogens (tertiary/aromatic N) is 5. The van der Waals surface area contributed by atoms with Crippen molar-refractivity contribution >= 4 is 5.82 Å². The normalized spacial score (nSPS) is 11.0. The van der Waals surface area contributed by atoms with E-state index in [1.807, 2.05) is 7.05 Å². The highest BCUT2D eigenvalue weighted by Gasteiger charge is 2.18. The van der Waals surface area contributed by atoms with Crippen LogP contribution in [0.1, 0.15) is 38.7 Å². The molecule has 0 spiro atoms. The Morgan fingerprint density at radius 2 is 2.11 bits per heavy atom. The fourth-order valence-corrected chi connectivity index (χ4v) is 2.03. The molecule has 0 fully saturated rings. The second-order valence-electron chi connectivity index (χ2n) is 4.81. The molecule has 0 aliphatic heterocycles. The third-order valence-electron chi connectivity index (χ3n) is 2.96. The van der Waals surface area contributed by atoms with Crippen molar-refractivity contribution in [3.05, 3.63) is 18.1 Å². The zero-order valence-corrected chi connectivity index (χ0v) is 11.9. The zero-order valence-electron chi connectivity index (χ0n) is 11.9. The first-order valence-corrected chi connectivity index (χ1v) is 6.59. The van der Waals surface area contributed by atoms with Crippen LogP contribution in [0.4, 0.5) is 5.82 Å². The molecule has 1 N–H and O–H groups in total. The van der Waals surface area contributed by atoms with E-state index in [4.69, 9.17) is 0 Å². The number of nitrogens with one attached hydrogen (secondary N) is 1. The lowest BCUT2D eigenvalue weighted by atomic mass is 10.00. The number of hydrogen-bond acceptors (Lipinski definition) is 5. The Morgan fingerprint density at radius 3 is 2.68 bits per heavy atom. The summed E-state index contributed by atoms with van der Waals surface area (Å²) in [4.78, 5) is 8.79. The summed E-state index contributed by atoms with van der Waals surface area (Å²) in [5, 5.41) is 11.3. The van der Waals surface area contributed by atoms with Crippen LogP contribution >= 0.6 is 0 Å². The minimum absolute atomic E-state index is 0.324. The molecule has 0 saturated heterocycles. The van der Waals surface area contributed by atoms with Gasteiger partial charge in [0.15, 0.2) is 0 Å². The van der Waals surface area contributed by atoms with Crippen molar-refractivity contribution in [2.75, 3.05) is 11.9 Å². The van der Waals surface area contributed by atoms with Crippen molar-refractivity contribution < 1.29 is 0 Å². The van der Waals surface area contributed by atoms with E-state index in [9.17, 15) is 0 Å². The monoisotopic (exact) mass is 260 g/mol. The van der Waals surface area contributed by atoms with Gasteiger partial charge in [0, 0.05) is 19.2 Å². The van der Waals surface area contributed by atoms with Crippen molar-refractivity contribution in [1.82, 2.24) is 25.0 Å². The molecule has 0 radical (unpaired) electrons. The predicted molar refractivity (Wildman–Crippen MR) is 74.9 cm³/mol. The molecule has 2 aromatic heterocycles. The zero-order chi connectivity index (χ0) is 13.8. The lowest BCUT2D eigenvalue weighted by molar-refractivity contribution is 0.716. The van der Waals surface area contributed by atoms with Gasteiger partial charge in [-0.25, -0.2) is 14.6 Å². The number of rotatable bonds is 5. The first-order chi connectivity index (χ1) is 9.15. The number of aromatic nitrogens is 5. The van der Waals surface area contributed by atoms with E-state index in [0.717, 1.165) is 35.7 Å². The average molecular weight is 260 g/mol. The van der Waals surface area contributed by atoms with Crippen LogP contribution in [0.3, 0.4) is 0 Å². The van der Waals surface area contributed by atoms with E-state index in [-0.39, 0.29) is 0 Å². The topological polar surface area (TPSA) is 68.5 Å². The first kappa shape index (κ1) is 13.5. The van der Waals surface area contributed by atoms with Gasteiger partial charge in [-0.15, -0.1) is 5.10 Å². The molecule has 19 heavy (non-hydrogen) atoms. The van der Waals surface area contributed by atoms with Gasteiger partial charge in [-0.05, 0) is 12.3 Å². The molecular weight excluding hydrogens is 240 g/mol. The second-order valence-corrected chi connectivity index (χ2v) is 4.81. The van der Waals surface area contributed by atoms with Gasteiger partial charge in [0.05, 0.1) is 11.9 Å². The summed E-state index contributed by atoms with van der Waals surface area (Å²) in [7, 11) is 1.87. The van der Waals surface area contributed by atoms with E-state index in [1.54, 1.807) is 17.2 Å². The summed E-state index contributed by atoms with van der Waals surface area (Å²) >= 11 is 0. The molecule has 0 unspecified atom stereocenters. The highest BCUT2D eigenvalue weighted by molar-refractivity contribution is 5.66. The third-order valence-corrected chi connectivity index (χ3v) is 2.96. The fourth-order valence-electron chi connectivity index (χ4n) is 2.03. The second kappa shape index (κ2) is 5.77. The van der Waals surface area contributed by atoms with Crippen LogP contribution in [-0.2, 0) is 7.05 Å². The SMILES string of the molecule is CCCNc1ncnc(-c2cnnn2C)c1C(C)C. The summed E-state index contributed by atoms with van der Waals surface area (Å²) in [6, 6.07) is 0. The van der Waals surface area contributed by atoms with Crippen LogP contribution < -0.4 is 5.32 Å². The summed E-state index contributed by atoms with van der Waals surface area (Å²) in [5.41, 5.74) is 2.92. The lowest BCUT2D eigenvalue weighted by Gasteiger charge is -2.16. The maximum atomic E-state index is 4.42. The predicted octanol–water partition coefficient (Wildman–Crippen LogP) is 2.22. The van der Waals surface area contributed by atoms with Crippen molar-refractivity contribution in [1.29, 1.82) is 0 Å². The Kier molecular flexibility index (Phi) is 4.09. The standard InChI is InChI=1S/C13H20N6/c1-5-6-14-13-11(9(2)3)12(15-8-16-13)10-7-17-18-19(10)4/h7-9H,5-6H2,1-4H3,(H,14,15,16). The molecule has 102 valence electrons. The van der Waals surface area contributed by atoms with Gasteiger partial charge in [-0.3, -0.25) is 0 Å². The molecule has 6 heteroatoms. The lowest BCUT2D eigenvalue weighted by Crippen LogP contribution is -2.10. The van der Waals surface area contributed by atoms with Crippen LogP contribution in [0.5, 0.6) is 0 Å². The molecule has 2 aromatic rings. The van der Waals surface area contributed by atoms with Crippen LogP contribution in [0.25, 0.3) is 11.4 Å². The summed E-state index contributed by atoms with van der Waals surface area (Å²) in [6.45, 7) is 7.32. The van der Waals surface area contributed by atoms with Gasteiger partial charge < -0.3 is 5.32 Å². The molecule has 2 heterocycles. The Bertz CT molecular complexity index is 546. The summed E-state index contributed by atoms with van der Waals surface area (Å²) in [5.74, 6) is 1.23. The van der Waals surface area contributed by atoms with Crippen LogP contribution in [0.2, 0.25) is 0 Å². The quantitative estimate of drug-likeness (QED) is 0.892. The minimum Gasteiger partial charge on any atom is -0.370 e. The Hall–Kier alpha value is -1.98. The van der Waals surface area contributed by atoms with Gasteiger partial charge in [0.25, 0.3) is 0 Å². The van der Waals surface area contributed by atoms with E-state index in [0.29, 0.717) is 5.92 Å². The van der Waals surface area contributed by atoms with Crippen LogP contribution in [0, 0.1) is 0 Å². The summed E-state index contributed by atoms with van der Waals surface area (Å²) in [6.07, 6.45) is 4.38. The number of hydrogen-bond donors (Lipinski definition) is 1. The summed E-state index contributed by atoms with van der Waals surface area (Å²) < 4.78 is 1.73. The van der Waals surface area contributed by atoms with Gasteiger partial charge in [-0.1, -0.05) is 26.0 Å². The van der Waals surface area contributed by atoms with Crippen LogP contribution in [-0.4, -0.2) is 31.5 Å².